The Kier molecular flexibility index (Phi) is 5.00. The normalized spacial score (nSPS) is 16.3. The molecule has 2 amide bonds. The highest BCUT2D eigenvalue weighted by Crippen LogP contribution is 2.18. The number of para-hydroxylation sites is 1. The van der Waals surface area contributed by atoms with Crippen LogP contribution >= 0.6 is 23.2 Å². The Bertz CT molecular complexity index is 993. The van der Waals surface area contributed by atoms with Crippen molar-refractivity contribution in [3.05, 3.63) is 46.2 Å². The minimum absolute atomic E-state index is 0.0877. The molecule has 2 aromatic rings. The average molecular weight is 402 g/mol. The number of aromatic amines is 1. The Labute approximate surface area is 153 Å². The molecule has 0 spiro atoms. The van der Waals surface area contributed by atoms with E-state index in [0.29, 0.717) is 6.42 Å². The van der Waals surface area contributed by atoms with E-state index < -0.39 is 16.2 Å². The molecule has 0 bridgehead atoms. The third kappa shape index (κ3) is 4.13. The molecular weight excluding hydrogens is 389 g/mol. The summed E-state index contributed by atoms with van der Waals surface area (Å²) in [5, 5.41) is 5.51. The van der Waals surface area contributed by atoms with Gasteiger partial charge in [-0.05, 0) is 18.1 Å². The van der Waals surface area contributed by atoms with Crippen LogP contribution in [0.5, 0.6) is 0 Å². The van der Waals surface area contributed by atoms with Crippen molar-refractivity contribution >= 4 is 56.2 Å². The number of halogens is 2. The molecule has 25 heavy (non-hydrogen) atoms. The van der Waals surface area contributed by atoms with Crippen molar-refractivity contribution in [3.8, 4) is 0 Å². The van der Waals surface area contributed by atoms with Crippen LogP contribution in [0.1, 0.15) is 5.56 Å². The fourth-order valence-electron chi connectivity index (χ4n) is 2.38. The van der Waals surface area contributed by atoms with E-state index >= 15 is 0 Å². The first kappa shape index (κ1) is 17.7. The van der Waals surface area contributed by atoms with Gasteiger partial charge in [0.15, 0.2) is 5.84 Å². The van der Waals surface area contributed by atoms with E-state index in [1.807, 2.05) is 30.5 Å². The molecule has 132 valence electrons. The van der Waals surface area contributed by atoms with Gasteiger partial charge in [-0.3, -0.25) is 5.32 Å². The lowest BCUT2D eigenvalue weighted by molar-refractivity contribution is 0.250. The van der Waals surface area contributed by atoms with E-state index in [-0.39, 0.29) is 22.6 Å². The first-order chi connectivity index (χ1) is 11.9. The van der Waals surface area contributed by atoms with Crippen molar-refractivity contribution in [3.63, 3.8) is 0 Å². The van der Waals surface area contributed by atoms with Crippen molar-refractivity contribution in [2.75, 3.05) is 6.54 Å². The van der Waals surface area contributed by atoms with Gasteiger partial charge in [-0.2, -0.15) is 13.1 Å². The maximum Gasteiger partial charge on any atom is 0.325 e. The molecule has 4 N–H and O–H groups in total. The Morgan fingerprint density at radius 3 is 2.72 bits per heavy atom. The van der Waals surface area contributed by atoms with Gasteiger partial charge >= 0.3 is 16.2 Å². The van der Waals surface area contributed by atoms with Crippen LogP contribution in [0.3, 0.4) is 0 Å². The van der Waals surface area contributed by atoms with Crippen LogP contribution in [0.15, 0.2) is 45.0 Å². The monoisotopic (exact) mass is 401 g/mol. The van der Waals surface area contributed by atoms with Gasteiger partial charge in [0.05, 0.1) is 0 Å². The molecule has 0 aliphatic carbocycles. The van der Waals surface area contributed by atoms with Gasteiger partial charge in [0, 0.05) is 23.6 Å². The zero-order valence-electron chi connectivity index (χ0n) is 12.6. The third-order valence-electron chi connectivity index (χ3n) is 3.46. The van der Waals surface area contributed by atoms with Gasteiger partial charge in [-0.15, -0.1) is 4.40 Å². The van der Waals surface area contributed by atoms with Crippen LogP contribution in [0.4, 0.5) is 4.79 Å². The summed E-state index contributed by atoms with van der Waals surface area (Å²) in [6.07, 6.45) is 2.30. The summed E-state index contributed by atoms with van der Waals surface area (Å²) in [7, 11) is -4.04. The zero-order valence-corrected chi connectivity index (χ0v) is 15.0. The lowest BCUT2D eigenvalue weighted by Crippen LogP contribution is -2.28. The topological polar surface area (TPSA) is 115 Å². The van der Waals surface area contributed by atoms with Crippen LogP contribution in [-0.4, -0.2) is 31.8 Å². The average Bonchev–Trinajstić information content (AvgIpc) is 3.11. The largest absolute Gasteiger partial charge is 0.361 e. The number of carbonyl (C=O) groups is 1. The third-order valence-corrected chi connectivity index (χ3v) is 4.83. The molecule has 1 fully saturated rings. The number of fused-ring (bicyclic) bond motifs is 1. The molecule has 2 heterocycles. The molecule has 3 rings (SSSR count). The summed E-state index contributed by atoms with van der Waals surface area (Å²) >= 11 is 11.2. The zero-order chi connectivity index (χ0) is 18.0. The molecular formula is C14H13Cl2N5O3S. The molecule has 8 nitrogen and oxygen atoms in total. The van der Waals surface area contributed by atoms with Gasteiger partial charge in [0.2, 0.25) is 0 Å². The predicted molar refractivity (Wildman–Crippen MR) is 96.8 cm³/mol. The second kappa shape index (κ2) is 7.04. The lowest BCUT2D eigenvalue weighted by Gasteiger charge is -2.04. The Balaban J connectivity index is 1.69. The summed E-state index contributed by atoms with van der Waals surface area (Å²) < 4.78 is 29.7. The number of H-pyrrole nitrogens is 1. The van der Waals surface area contributed by atoms with Crippen LogP contribution in [-0.2, 0) is 16.6 Å². The summed E-state index contributed by atoms with van der Waals surface area (Å²) in [5.41, 5.74) is 1.87. The number of hydrogen-bond acceptors (Lipinski definition) is 3. The molecule has 0 unspecified atom stereocenters. The van der Waals surface area contributed by atoms with Gasteiger partial charge < -0.3 is 10.3 Å². The molecule has 0 saturated carbocycles. The maximum atomic E-state index is 12.1. The minimum atomic E-state index is -4.04. The molecule has 0 radical (unpaired) electrons. The van der Waals surface area contributed by atoms with Gasteiger partial charge in [0.1, 0.15) is 10.2 Å². The Morgan fingerprint density at radius 1 is 1.20 bits per heavy atom. The number of benzene rings is 1. The fraction of sp³-hybridized carbons (Fsp3) is 0.143. The quantitative estimate of drug-likeness (QED) is 0.612. The summed E-state index contributed by atoms with van der Waals surface area (Å²) in [4.78, 5) is 14.4. The standard InChI is InChI=1S/C14H13Cl2N5O3S/c15-12(16)11-13(20-14(22)19-11)21-25(23,24)18-6-5-8-7-17-10-4-2-1-3-9(8)10/h1-4,7,17-18H,5-6H2,(H2,19,20,21,22). The van der Waals surface area contributed by atoms with E-state index in [1.54, 1.807) is 0 Å². The van der Waals surface area contributed by atoms with E-state index in [2.05, 4.69) is 24.7 Å². The van der Waals surface area contributed by atoms with Crippen molar-refractivity contribution in [1.29, 1.82) is 0 Å². The number of nitrogens with one attached hydrogen (secondary N) is 4. The molecule has 1 aliphatic heterocycles. The number of amides is 2. The van der Waals surface area contributed by atoms with Gasteiger partial charge in [0.25, 0.3) is 0 Å². The number of amidine groups is 1. The molecule has 0 atom stereocenters. The fourth-order valence-corrected chi connectivity index (χ4v) is 3.46. The Hall–Kier alpha value is -2.07. The first-order valence-corrected chi connectivity index (χ1v) is 9.33. The smallest absolute Gasteiger partial charge is 0.325 e. The predicted octanol–water partition coefficient (Wildman–Crippen LogP) is 1.90. The van der Waals surface area contributed by atoms with Crippen molar-refractivity contribution < 1.29 is 13.2 Å². The highest BCUT2D eigenvalue weighted by atomic mass is 35.5. The van der Waals surface area contributed by atoms with Gasteiger partial charge in [-0.1, -0.05) is 41.4 Å². The summed E-state index contributed by atoms with van der Waals surface area (Å²) in [6.45, 7) is 0.135. The van der Waals surface area contributed by atoms with Crippen molar-refractivity contribution in [2.24, 2.45) is 4.40 Å². The molecule has 1 aliphatic rings. The van der Waals surface area contributed by atoms with Gasteiger partial charge in [-0.25, -0.2) is 4.79 Å². The number of rotatable bonds is 5. The molecule has 11 heteroatoms. The summed E-state index contributed by atoms with van der Waals surface area (Å²) in [6, 6.07) is 7.05. The number of hydrogen-bond donors (Lipinski definition) is 4. The minimum Gasteiger partial charge on any atom is -0.361 e. The van der Waals surface area contributed by atoms with Crippen molar-refractivity contribution in [2.45, 2.75) is 6.42 Å². The lowest BCUT2D eigenvalue weighted by atomic mass is 10.1. The van der Waals surface area contributed by atoms with Crippen LogP contribution in [0.25, 0.3) is 10.9 Å². The number of aromatic nitrogens is 1. The molecule has 1 aromatic heterocycles. The van der Waals surface area contributed by atoms with Crippen molar-refractivity contribution in [1.82, 2.24) is 20.3 Å². The van der Waals surface area contributed by atoms with E-state index in [1.165, 1.54) is 0 Å². The highest BCUT2D eigenvalue weighted by Gasteiger charge is 2.26. The highest BCUT2D eigenvalue weighted by molar-refractivity contribution is 7.88. The molecule has 1 saturated heterocycles. The van der Waals surface area contributed by atoms with Crippen LogP contribution < -0.4 is 15.4 Å². The van der Waals surface area contributed by atoms with E-state index in [9.17, 15) is 13.2 Å². The maximum absolute atomic E-state index is 12.1. The second-order valence-corrected chi connectivity index (χ2v) is 7.50. The van der Waals surface area contributed by atoms with Crippen LogP contribution in [0.2, 0.25) is 0 Å². The molecule has 1 aromatic carbocycles. The first-order valence-electron chi connectivity index (χ1n) is 7.14. The van der Waals surface area contributed by atoms with E-state index in [4.69, 9.17) is 23.2 Å². The SMILES string of the molecule is O=C1NC(=C(Cl)Cl)/C(=N/S(=O)(=O)NCCc2c[nH]c3ccccc23)N1. The van der Waals surface area contributed by atoms with Crippen LogP contribution in [0, 0.1) is 0 Å². The number of nitrogens with zero attached hydrogens (tertiary/aromatic N) is 1. The number of urea groups is 1. The summed E-state index contributed by atoms with van der Waals surface area (Å²) in [5.74, 6) is -0.260. The van der Waals surface area contributed by atoms with E-state index in [0.717, 1.165) is 16.5 Å². The number of carbonyl (C=O) groups excluding carboxylic acids is 1. The second-order valence-electron chi connectivity index (χ2n) is 5.13. The Morgan fingerprint density at radius 2 is 1.96 bits per heavy atom.